The van der Waals surface area contributed by atoms with Gasteiger partial charge in [-0.2, -0.15) is 11.8 Å². The summed E-state index contributed by atoms with van der Waals surface area (Å²) in [6.07, 6.45) is 1.55. The Hall–Kier alpha value is -2.49. The number of rotatable bonds is 19. The van der Waals surface area contributed by atoms with E-state index in [0.717, 1.165) is 0 Å². The predicted molar refractivity (Wildman–Crippen MR) is 160 cm³/mol. The Bertz CT molecular complexity index is 1180. The number of amides is 3. The van der Waals surface area contributed by atoms with Crippen LogP contribution >= 0.6 is 27.4 Å². The van der Waals surface area contributed by atoms with Gasteiger partial charge in [-0.3, -0.25) is 28.8 Å². The zero-order chi connectivity index (χ0) is 33.3. The van der Waals surface area contributed by atoms with Crippen LogP contribution in [0.15, 0.2) is 11.8 Å². The lowest BCUT2D eigenvalue weighted by atomic mass is 10.2. The van der Waals surface area contributed by atoms with Gasteiger partial charge in [0.1, 0.15) is 30.3 Å². The van der Waals surface area contributed by atoms with Crippen LogP contribution in [0.1, 0.15) is 39.0 Å². The monoisotopic (exact) mass is 686 g/mol. The minimum Gasteiger partial charge on any atom is -0.383 e. The third kappa shape index (κ3) is 18.3. The summed E-state index contributed by atoms with van der Waals surface area (Å²) in [7, 11) is -9.85. The fraction of sp³-hybridized carbons (Fsp3) is 0.652. The van der Waals surface area contributed by atoms with Crippen molar-refractivity contribution in [3.8, 4) is 11.8 Å². The van der Waals surface area contributed by atoms with Crippen LogP contribution in [0.25, 0.3) is 0 Å². The van der Waals surface area contributed by atoms with E-state index in [4.69, 9.17) is 35.5 Å². The van der Waals surface area contributed by atoms with Gasteiger partial charge in [-0.25, -0.2) is 9.13 Å². The summed E-state index contributed by atoms with van der Waals surface area (Å²) in [6.45, 7) is 1.00. The average Bonchev–Trinajstić information content (AvgIpc) is 3.27. The molecule has 0 aromatic carbocycles. The SMILES string of the molecule is CSCC(NC(C)=O)C(=O)NCCCCCC(=O)NCC#C/C(=C/N[C@H]1CC(OP(=O)(O)O)[C@@H](COP(=O)(O)O)O1)C(=N)N. The number of nitrogens with two attached hydrogens (primary N) is 1. The number of amidine groups is 1. The number of nitrogens with one attached hydrogen (secondary N) is 5. The Kier molecular flexibility index (Phi) is 17.8. The molecular formula is C23H40N6O12P2S. The minimum atomic E-state index is -4.96. The molecule has 44 heavy (non-hydrogen) atoms. The Balaban J connectivity index is 2.48. The quantitative estimate of drug-likeness (QED) is 0.0250. The molecule has 21 heteroatoms. The number of hydrogen-bond donors (Lipinski definition) is 10. The van der Waals surface area contributed by atoms with Gasteiger partial charge >= 0.3 is 15.6 Å². The summed E-state index contributed by atoms with van der Waals surface area (Å²) in [4.78, 5) is 71.5. The molecule has 0 bridgehead atoms. The van der Waals surface area contributed by atoms with E-state index in [1.807, 2.05) is 6.26 Å². The highest BCUT2D eigenvalue weighted by molar-refractivity contribution is 7.98. The van der Waals surface area contributed by atoms with Gasteiger partial charge in [-0.15, -0.1) is 0 Å². The van der Waals surface area contributed by atoms with Crippen molar-refractivity contribution in [3.05, 3.63) is 11.8 Å². The molecule has 0 radical (unpaired) electrons. The first kappa shape index (κ1) is 39.5. The summed E-state index contributed by atoms with van der Waals surface area (Å²) < 4.78 is 36.7. The van der Waals surface area contributed by atoms with Crippen LogP contribution in [0.5, 0.6) is 0 Å². The van der Waals surface area contributed by atoms with Crippen LogP contribution in [0.2, 0.25) is 0 Å². The van der Waals surface area contributed by atoms with Crippen molar-refractivity contribution in [3.63, 3.8) is 0 Å². The fourth-order valence-corrected chi connectivity index (χ4v) is 5.16. The molecule has 1 heterocycles. The highest BCUT2D eigenvalue weighted by atomic mass is 32.2. The van der Waals surface area contributed by atoms with E-state index >= 15 is 0 Å². The lowest BCUT2D eigenvalue weighted by Crippen LogP contribution is -2.47. The lowest BCUT2D eigenvalue weighted by Gasteiger charge is -2.19. The van der Waals surface area contributed by atoms with E-state index in [2.05, 4.69) is 42.2 Å². The van der Waals surface area contributed by atoms with Gasteiger partial charge in [0.25, 0.3) is 0 Å². The maximum Gasteiger partial charge on any atom is 0.469 e. The van der Waals surface area contributed by atoms with Crippen molar-refractivity contribution in [2.45, 2.75) is 63.5 Å². The summed E-state index contributed by atoms with van der Waals surface area (Å²) in [6, 6.07) is -0.600. The van der Waals surface area contributed by atoms with Crippen molar-refractivity contribution in [1.29, 1.82) is 5.41 Å². The van der Waals surface area contributed by atoms with Gasteiger partial charge in [0.05, 0.1) is 18.7 Å². The maximum absolute atomic E-state index is 12.2. The molecule has 3 amide bonds. The molecule has 1 aliphatic heterocycles. The van der Waals surface area contributed by atoms with Crippen molar-refractivity contribution in [2.24, 2.45) is 5.73 Å². The summed E-state index contributed by atoms with van der Waals surface area (Å²) in [5.41, 5.74) is 5.54. The van der Waals surface area contributed by atoms with Crippen LogP contribution < -0.4 is 27.0 Å². The molecule has 0 spiro atoms. The Labute approximate surface area is 259 Å². The number of hydrogen-bond acceptors (Lipinski definition) is 11. The van der Waals surface area contributed by atoms with E-state index in [1.165, 1.54) is 24.9 Å². The topological polar surface area (TPSA) is 292 Å². The normalized spacial score (nSPS) is 19.3. The largest absolute Gasteiger partial charge is 0.469 e. The first-order valence-electron chi connectivity index (χ1n) is 13.2. The molecule has 0 aliphatic carbocycles. The fourth-order valence-electron chi connectivity index (χ4n) is 3.67. The number of thioether (sulfide) groups is 1. The van der Waals surface area contributed by atoms with Gasteiger partial charge in [0.15, 0.2) is 0 Å². The number of unbranched alkanes of at least 4 members (excludes halogenated alkanes) is 2. The molecule has 1 saturated heterocycles. The molecule has 11 N–H and O–H groups in total. The van der Waals surface area contributed by atoms with Crippen LogP contribution in [0, 0.1) is 17.3 Å². The molecule has 0 aromatic rings. The zero-order valence-corrected chi connectivity index (χ0v) is 26.8. The smallest absolute Gasteiger partial charge is 0.383 e. The third-order valence-corrected chi connectivity index (χ3v) is 7.29. The second-order valence-electron chi connectivity index (χ2n) is 9.35. The molecular weight excluding hydrogens is 646 g/mol. The second-order valence-corrected chi connectivity index (χ2v) is 12.7. The van der Waals surface area contributed by atoms with Gasteiger partial charge < -0.3 is 51.3 Å². The van der Waals surface area contributed by atoms with Crippen molar-refractivity contribution in [1.82, 2.24) is 21.3 Å². The van der Waals surface area contributed by atoms with Crippen LogP contribution in [-0.2, 0) is 37.3 Å². The highest BCUT2D eigenvalue weighted by Crippen LogP contribution is 2.43. The second kappa shape index (κ2) is 19.8. The Morgan fingerprint density at radius 2 is 1.86 bits per heavy atom. The lowest BCUT2D eigenvalue weighted by molar-refractivity contribution is -0.127. The van der Waals surface area contributed by atoms with Crippen LogP contribution in [0.3, 0.4) is 0 Å². The number of ether oxygens (including phenoxy) is 1. The third-order valence-electron chi connectivity index (χ3n) is 5.59. The van der Waals surface area contributed by atoms with Gasteiger partial charge in [0, 0.05) is 38.3 Å². The van der Waals surface area contributed by atoms with Gasteiger partial charge in [0.2, 0.25) is 17.7 Å². The van der Waals surface area contributed by atoms with E-state index < -0.39 is 52.6 Å². The van der Waals surface area contributed by atoms with E-state index in [0.29, 0.717) is 31.6 Å². The number of carbonyl (C=O) groups is 3. The summed E-state index contributed by atoms with van der Waals surface area (Å²) in [5, 5.41) is 18.4. The highest BCUT2D eigenvalue weighted by Gasteiger charge is 2.40. The maximum atomic E-state index is 12.2. The molecule has 1 rings (SSSR count). The predicted octanol–water partition coefficient (Wildman–Crippen LogP) is -1.24. The first-order chi connectivity index (χ1) is 20.5. The average molecular weight is 687 g/mol. The number of carbonyl (C=O) groups excluding carboxylic acids is 3. The van der Waals surface area contributed by atoms with Crippen LogP contribution in [-0.4, -0.2) is 99.3 Å². The molecule has 250 valence electrons. The molecule has 0 saturated carbocycles. The molecule has 1 fully saturated rings. The van der Waals surface area contributed by atoms with Crippen molar-refractivity contribution < 1.29 is 56.9 Å². The van der Waals surface area contributed by atoms with Crippen molar-refractivity contribution in [2.75, 3.05) is 31.7 Å². The minimum absolute atomic E-state index is 0.00513. The van der Waals surface area contributed by atoms with E-state index in [1.54, 1.807) is 0 Å². The Morgan fingerprint density at radius 3 is 2.45 bits per heavy atom. The molecule has 1 aliphatic rings. The molecule has 2 unspecified atom stereocenters. The van der Waals surface area contributed by atoms with Gasteiger partial charge in [-0.1, -0.05) is 18.3 Å². The summed E-state index contributed by atoms with van der Waals surface area (Å²) >= 11 is 1.44. The van der Waals surface area contributed by atoms with E-state index in [-0.39, 0.29) is 42.7 Å². The van der Waals surface area contributed by atoms with Crippen molar-refractivity contribution >= 4 is 51.0 Å². The standard InChI is InChI=1S/C23H40N6O12P2S/c1-15(30)29-17(14-44-2)23(32)27-9-5-3-4-8-20(31)26-10-6-7-16(22(24)25)12-28-21-11-18(41-43(36,37)38)19(40-21)13-39-42(33,34)35/h12,17-19,21,28H,3-5,8-11,13-14H2,1-2H3,(H3,24,25)(H,26,31)(H,27,32)(H,29,30)(H2,33,34,35)(H2,36,37,38)/b16-12-/t17?,18?,19-,21-/m1/s1. The van der Waals surface area contributed by atoms with Gasteiger partial charge in [-0.05, 0) is 19.1 Å². The van der Waals surface area contributed by atoms with E-state index in [9.17, 15) is 23.5 Å². The first-order valence-corrected chi connectivity index (χ1v) is 17.7. The summed E-state index contributed by atoms with van der Waals surface area (Å²) in [5.74, 6) is 4.50. The van der Waals surface area contributed by atoms with Crippen LogP contribution in [0.4, 0.5) is 0 Å². The Morgan fingerprint density at radius 1 is 1.16 bits per heavy atom. The number of phosphoric ester groups is 2. The molecule has 18 nitrogen and oxygen atoms in total. The zero-order valence-electron chi connectivity index (χ0n) is 24.2. The molecule has 4 atom stereocenters. The molecule has 0 aromatic heterocycles. The number of phosphoric acid groups is 2.